The van der Waals surface area contributed by atoms with Crippen molar-refractivity contribution < 1.29 is 4.79 Å². The Morgan fingerprint density at radius 2 is 1.90 bits per heavy atom. The Morgan fingerprint density at radius 1 is 1.30 bits per heavy atom. The summed E-state index contributed by atoms with van der Waals surface area (Å²) in [7, 11) is 0. The average Bonchev–Trinajstić information content (AvgIpc) is 2.49. The average molecular weight is 359 g/mol. The molecule has 1 aliphatic heterocycles. The largest absolute Gasteiger partial charge is 0.339 e. The summed E-state index contributed by atoms with van der Waals surface area (Å²) in [6.45, 7) is 6.25. The van der Waals surface area contributed by atoms with Gasteiger partial charge >= 0.3 is 0 Å². The van der Waals surface area contributed by atoms with Gasteiger partial charge in [-0.3, -0.25) is 4.79 Å². The summed E-state index contributed by atoms with van der Waals surface area (Å²) in [6.07, 6.45) is 4.64. The van der Waals surface area contributed by atoms with E-state index in [-0.39, 0.29) is 5.91 Å². The molecule has 1 amide bonds. The van der Waals surface area contributed by atoms with Gasteiger partial charge in [0.15, 0.2) is 0 Å². The van der Waals surface area contributed by atoms with E-state index >= 15 is 0 Å². The van der Waals surface area contributed by atoms with Gasteiger partial charge in [-0.15, -0.1) is 0 Å². The number of rotatable bonds is 3. The molecular formula is C16H21BrClNO. The van der Waals surface area contributed by atoms with Crippen LogP contribution < -0.4 is 0 Å². The number of likely N-dealkylation sites (tertiary alicyclic amines) is 1. The Hall–Kier alpha value is -0.540. The van der Waals surface area contributed by atoms with Gasteiger partial charge in [-0.1, -0.05) is 38.3 Å². The molecule has 4 heteroatoms. The normalized spacial score (nSPS) is 18.1. The molecule has 0 N–H and O–H groups in total. The fourth-order valence-corrected chi connectivity index (χ4v) is 3.45. The second-order valence-electron chi connectivity index (χ2n) is 5.63. The van der Waals surface area contributed by atoms with Gasteiger partial charge in [0.2, 0.25) is 0 Å². The lowest BCUT2D eigenvalue weighted by Gasteiger charge is -2.41. The second-order valence-corrected chi connectivity index (χ2v) is 6.89. The van der Waals surface area contributed by atoms with Gasteiger partial charge in [-0.25, -0.2) is 0 Å². The maximum Gasteiger partial charge on any atom is 0.253 e. The molecule has 1 aromatic rings. The summed E-state index contributed by atoms with van der Waals surface area (Å²) >= 11 is 9.35. The van der Waals surface area contributed by atoms with Crippen LogP contribution in [-0.2, 0) is 0 Å². The number of hydrogen-bond donors (Lipinski definition) is 0. The van der Waals surface area contributed by atoms with Crippen molar-refractivity contribution in [2.75, 3.05) is 13.1 Å². The van der Waals surface area contributed by atoms with Gasteiger partial charge in [-0.2, -0.15) is 0 Å². The first-order valence-electron chi connectivity index (χ1n) is 7.25. The highest BCUT2D eigenvalue weighted by Gasteiger charge is 2.33. The van der Waals surface area contributed by atoms with E-state index in [2.05, 4.69) is 29.8 Å². The van der Waals surface area contributed by atoms with Crippen molar-refractivity contribution in [3.05, 3.63) is 33.3 Å². The molecule has 0 saturated carbocycles. The van der Waals surface area contributed by atoms with Crippen LogP contribution in [0.3, 0.4) is 0 Å². The highest BCUT2D eigenvalue weighted by molar-refractivity contribution is 9.10. The monoisotopic (exact) mass is 357 g/mol. The minimum Gasteiger partial charge on any atom is -0.339 e. The molecule has 0 spiro atoms. The fraction of sp³-hybridized carbons (Fsp3) is 0.562. The summed E-state index contributed by atoms with van der Waals surface area (Å²) in [4.78, 5) is 14.5. The first-order valence-corrected chi connectivity index (χ1v) is 8.43. The molecule has 1 saturated heterocycles. The lowest BCUT2D eigenvalue weighted by Crippen LogP contribution is -2.42. The van der Waals surface area contributed by atoms with Crippen LogP contribution in [0.25, 0.3) is 0 Å². The van der Waals surface area contributed by atoms with Gasteiger partial charge in [-0.05, 0) is 52.4 Å². The lowest BCUT2D eigenvalue weighted by molar-refractivity contribution is 0.0557. The van der Waals surface area contributed by atoms with Crippen LogP contribution in [-0.4, -0.2) is 23.9 Å². The van der Waals surface area contributed by atoms with Gasteiger partial charge in [0.25, 0.3) is 5.91 Å². The van der Waals surface area contributed by atoms with E-state index in [1.807, 2.05) is 11.0 Å². The van der Waals surface area contributed by atoms with E-state index in [1.54, 1.807) is 12.1 Å². The molecule has 20 heavy (non-hydrogen) atoms. The molecule has 0 radical (unpaired) electrons. The highest BCUT2D eigenvalue weighted by Crippen LogP contribution is 2.38. The van der Waals surface area contributed by atoms with Crippen molar-refractivity contribution >= 4 is 33.4 Å². The van der Waals surface area contributed by atoms with Gasteiger partial charge in [0, 0.05) is 23.1 Å². The number of hydrogen-bond acceptors (Lipinski definition) is 1. The third-order valence-corrected chi connectivity index (χ3v) is 5.99. The number of amides is 1. The van der Waals surface area contributed by atoms with Crippen LogP contribution in [0, 0.1) is 5.41 Å². The van der Waals surface area contributed by atoms with Crippen LogP contribution in [0.2, 0.25) is 5.02 Å². The molecule has 110 valence electrons. The van der Waals surface area contributed by atoms with Crippen LogP contribution >= 0.6 is 27.5 Å². The predicted molar refractivity (Wildman–Crippen MR) is 87.3 cm³/mol. The van der Waals surface area contributed by atoms with Crippen LogP contribution in [0.1, 0.15) is 49.9 Å². The highest BCUT2D eigenvalue weighted by atomic mass is 79.9. The molecule has 0 aliphatic carbocycles. The van der Waals surface area contributed by atoms with Crippen LogP contribution in [0.4, 0.5) is 0 Å². The van der Waals surface area contributed by atoms with E-state index in [0.29, 0.717) is 16.0 Å². The number of piperidine rings is 1. The Balaban J connectivity index is 2.06. The second kappa shape index (κ2) is 6.48. The predicted octanol–water partition coefficient (Wildman–Crippen LogP) is 5.14. The molecule has 0 atom stereocenters. The molecule has 2 nitrogen and oxygen atoms in total. The molecule has 0 aromatic heterocycles. The summed E-state index contributed by atoms with van der Waals surface area (Å²) < 4.78 is 0.776. The maximum atomic E-state index is 12.5. The van der Waals surface area contributed by atoms with Crippen molar-refractivity contribution in [2.45, 2.75) is 39.5 Å². The molecule has 1 heterocycles. The SMILES string of the molecule is CCC1(CC)CCN(C(=O)c2ccc(Cl)c(Br)c2)CC1. The smallest absolute Gasteiger partial charge is 0.253 e. The summed E-state index contributed by atoms with van der Waals surface area (Å²) in [5, 5.41) is 0.635. The molecule has 1 aromatic carbocycles. The topological polar surface area (TPSA) is 20.3 Å². The zero-order chi connectivity index (χ0) is 14.8. The van der Waals surface area contributed by atoms with Gasteiger partial charge < -0.3 is 4.90 Å². The van der Waals surface area contributed by atoms with Crippen LogP contribution in [0.5, 0.6) is 0 Å². The summed E-state index contributed by atoms with van der Waals surface area (Å²) in [5.41, 5.74) is 1.15. The molecule has 1 fully saturated rings. The lowest BCUT2D eigenvalue weighted by atomic mass is 9.74. The number of halogens is 2. The van der Waals surface area contributed by atoms with E-state index in [1.165, 1.54) is 12.8 Å². The molecule has 0 unspecified atom stereocenters. The van der Waals surface area contributed by atoms with Crippen molar-refractivity contribution in [1.82, 2.24) is 4.90 Å². The van der Waals surface area contributed by atoms with E-state index in [0.717, 1.165) is 30.4 Å². The molecule has 2 rings (SSSR count). The third-order valence-electron chi connectivity index (χ3n) is 4.78. The molecule has 1 aliphatic rings. The first-order chi connectivity index (χ1) is 9.51. The Bertz CT molecular complexity index is 489. The number of nitrogens with zero attached hydrogens (tertiary/aromatic N) is 1. The van der Waals surface area contributed by atoms with Crippen LogP contribution in [0.15, 0.2) is 22.7 Å². The van der Waals surface area contributed by atoms with E-state index < -0.39 is 0 Å². The maximum absolute atomic E-state index is 12.5. The molecular weight excluding hydrogens is 338 g/mol. The summed E-state index contributed by atoms with van der Waals surface area (Å²) in [5.74, 6) is 0.114. The number of carbonyl (C=O) groups excluding carboxylic acids is 1. The molecule has 0 bridgehead atoms. The van der Waals surface area contributed by atoms with Gasteiger partial charge in [0.05, 0.1) is 5.02 Å². The van der Waals surface area contributed by atoms with Crippen molar-refractivity contribution in [3.8, 4) is 0 Å². The number of carbonyl (C=O) groups is 1. The van der Waals surface area contributed by atoms with Crippen molar-refractivity contribution in [3.63, 3.8) is 0 Å². The zero-order valence-electron chi connectivity index (χ0n) is 12.1. The fourth-order valence-electron chi connectivity index (χ4n) is 2.95. The Kier molecular flexibility index (Phi) is 5.14. The minimum absolute atomic E-state index is 0.114. The van der Waals surface area contributed by atoms with E-state index in [4.69, 9.17) is 11.6 Å². The Labute approximate surface area is 134 Å². The quantitative estimate of drug-likeness (QED) is 0.732. The first kappa shape index (κ1) is 15.8. The summed E-state index contributed by atoms with van der Waals surface area (Å²) in [6, 6.07) is 5.38. The number of benzene rings is 1. The van der Waals surface area contributed by atoms with E-state index in [9.17, 15) is 4.79 Å². The third kappa shape index (κ3) is 3.20. The standard InChI is InChI=1S/C16H21BrClNO/c1-3-16(4-2)7-9-19(10-8-16)15(20)12-5-6-14(18)13(17)11-12/h5-6,11H,3-4,7-10H2,1-2H3. The van der Waals surface area contributed by atoms with Crippen molar-refractivity contribution in [1.29, 1.82) is 0 Å². The zero-order valence-corrected chi connectivity index (χ0v) is 14.4. The van der Waals surface area contributed by atoms with Crippen molar-refractivity contribution in [2.24, 2.45) is 5.41 Å². The Morgan fingerprint density at radius 3 is 2.40 bits per heavy atom. The minimum atomic E-state index is 0.114. The van der Waals surface area contributed by atoms with Gasteiger partial charge in [0.1, 0.15) is 0 Å².